The van der Waals surface area contributed by atoms with Crippen molar-refractivity contribution in [1.29, 1.82) is 0 Å². The molecular formula is C32H29N3O4S. The monoisotopic (exact) mass is 551 g/mol. The van der Waals surface area contributed by atoms with E-state index < -0.39 is 5.25 Å². The van der Waals surface area contributed by atoms with E-state index in [2.05, 4.69) is 5.32 Å². The van der Waals surface area contributed by atoms with E-state index in [4.69, 9.17) is 9.40 Å². The van der Waals surface area contributed by atoms with Crippen LogP contribution in [0.15, 0.2) is 99.5 Å². The summed E-state index contributed by atoms with van der Waals surface area (Å²) >= 11 is 1.24. The summed E-state index contributed by atoms with van der Waals surface area (Å²) in [6, 6.07) is 23.7. The van der Waals surface area contributed by atoms with Gasteiger partial charge in [-0.05, 0) is 73.9 Å². The van der Waals surface area contributed by atoms with Crippen LogP contribution in [0.3, 0.4) is 0 Å². The minimum atomic E-state index is -0.492. The Bertz CT molecular complexity index is 1740. The lowest BCUT2D eigenvalue weighted by Gasteiger charge is -2.17. The van der Waals surface area contributed by atoms with Crippen molar-refractivity contribution < 1.29 is 14.0 Å². The van der Waals surface area contributed by atoms with E-state index in [-0.39, 0.29) is 23.8 Å². The van der Waals surface area contributed by atoms with Crippen molar-refractivity contribution in [2.75, 3.05) is 0 Å². The van der Waals surface area contributed by atoms with Crippen molar-refractivity contribution in [3.05, 3.63) is 129 Å². The molecule has 1 atom stereocenters. The Labute approximate surface area is 236 Å². The average Bonchev–Trinajstić information content (AvgIpc) is 3.49. The van der Waals surface area contributed by atoms with Gasteiger partial charge in [-0.2, -0.15) is 0 Å². The highest BCUT2D eigenvalue weighted by atomic mass is 32.2. The van der Waals surface area contributed by atoms with Crippen LogP contribution < -0.4 is 10.9 Å². The van der Waals surface area contributed by atoms with Gasteiger partial charge in [-0.3, -0.25) is 19.0 Å². The van der Waals surface area contributed by atoms with Crippen molar-refractivity contribution in [2.45, 2.75) is 44.3 Å². The number of Topliss-reactive ketones (excluding diaryl/α,β-unsaturated/α-hetero) is 1. The van der Waals surface area contributed by atoms with Gasteiger partial charge in [0.2, 0.25) is 0 Å². The van der Waals surface area contributed by atoms with Crippen LogP contribution in [0.1, 0.15) is 50.1 Å². The molecule has 0 bridgehead atoms. The highest BCUT2D eigenvalue weighted by Gasteiger charge is 2.22. The van der Waals surface area contributed by atoms with E-state index in [0.717, 1.165) is 16.7 Å². The summed E-state index contributed by atoms with van der Waals surface area (Å²) in [4.78, 5) is 44.7. The number of fused-ring (bicyclic) bond motifs is 1. The second kappa shape index (κ2) is 11.8. The lowest BCUT2D eigenvalue weighted by atomic mass is 10.0. The molecule has 0 saturated heterocycles. The number of rotatable bonds is 9. The van der Waals surface area contributed by atoms with E-state index in [0.29, 0.717) is 39.5 Å². The van der Waals surface area contributed by atoms with E-state index in [1.165, 1.54) is 11.8 Å². The van der Waals surface area contributed by atoms with E-state index in [1.54, 1.807) is 41.2 Å². The number of furan rings is 1. The number of nitrogens with zero attached hydrogens (tertiary/aromatic N) is 2. The number of carbonyl (C=O) groups excluding carboxylic acids is 2. The molecule has 40 heavy (non-hydrogen) atoms. The maximum atomic E-state index is 13.7. The zero-order valence-electron chi connectivity index (χ0n) is 22.5. The Morgan fingerprint density at radius 1 is 0.950 bits per heavy atom. The molecule has 0 saturated carbocycles. The molecule has 0 radical (unpaired) electrons. The molecule has 3 aromatic carbocycles. The summed E-state index contributed by atoms with van der Waals surface area (Å²) in [5.41, 5.74) is 4.27. The maximum Gasteiger partial charge on any atom is 0.262 e. The second-order valence-electron chi connectivity index (χ2n) is 9.69. The molecule has 0 spiro atoms. The Morgan fingerprint density at radius 2 is 1.73 bits per heavy atom. The Balaban J connectivity index is 1.50. The van der Waals surface area contributed by atoms with E-state index in [1.807, 2.05) is 69.3 Å². The van der Waals surface area contributed by atoms with Crippen LogP contribution in [0.25, 0.3) is 10.9 Å². The summed E-state index contributed by atoms with van der Waals surface area (Å²) in [6.07, 6.45) is 1.55. The van der Waals surface area contributed by atoms with Gasteiger partial charge in [0.25, 0.3) is 11.5 Å². The van der Waals surface area contributed by atoms with Gasteiger partial charge in [0.05, 0.1) is 35.5 Å². The lowest BCUT2D eigenvalue weighted by Crippen LogP contribution is -2.26. The number of ketones is 1. The summed E-state index contributed by atoms with van der Waals surface area (Å²) in [5, 5.41) is 3.14. The Hall–Kier alpha value is -4.43. The van der Waals surface area contributed by atoms with Gasteiger partial charge < -0.3 is 9.73 Å². The number of benzene rings is 3. The van der Waals surface area contributed by atoms with Crippen LogP contribution in [0, 0.1) is 13.8 Å². The molecule has 1 N–H and O–H groups in total. The fourth-order valence-corrected chi connectivity index (χ4v) is 5.35. The van der Waals surface area contributed by atoms with Gasteiger partial charge >= 0.3 is 0 Å². The normalized spacial score (nSPS) is 11.9. The Kier molecular flexibility index (Phi) is 7.98. The van der Waals surface area contributed by atoms with Crippen LogP contribution in [0.4, 0.5) is 0 Å². The molecule has 0 aliphatic carbocycles. The molecule has 0 aliphatic rings. The van der Waals surface area contributed by atoms with Gasteiger partial charge in [-0.15, -0.1) is 0 Å². The van der Waals surface area contributed by atoms with Crippen molar-refractivity contribution in [2.24, 2.45) is 0 Å². The number of aryl methyl sites for hydroxylation is 2. The summed E-state index contributed by atoms with van der Waals surface area (Å²) < 4.78 is 6.88. The van der Waals surface area contributed by atoms with Gasteiger partial charge in [-0.25, -0.2) is 4.98 Å². The number of carbonyl (C=O) groups is 2. The third-order valence-electron chi connectivity index (χ3n) is 6.81. The third-order valence-corrected chi connectivity index (χ3v) is 7.90. The van der Waals surface area contributed by atoms with Crippen molar-refractivity contribution in [3.8, 4) is 0 Å². The number of thioether (sulfide) groups is 1. The fourth-order valence-electron chi connectivity index (χ4n) is 4.36. The van der Waals surface area contributed by atoms with Crippen LogP contribution in [0.5, 0.6) is 0 Å². The number of hydrogen-bond acceptors (Lipinski definition) is 6. The van der Waals surface area contributed by atoms with E-state index >= 15 is 0 Å². The summed E-state index contributed by atoms with van der Waals surface area (Å²) in [5.74, 6) is 0.290. The average molecular weight is 552 g/mol. The lowest BCUT2D eigenvalue weighted by molar-refractivity contribution is 0.0947. The number of hydrogen-bond donors (Lipinski definition) is 1. The second-order valence-corrected chi connectivity index (χ2v) is 11.0. The van der Waals surface area contributed by atoms with Crippen molar-refractivity contribution in [3.63, 3.8) is 0 Å². The van der Waals surface area contributed by atoms with Crippen LogP contribution in [-0.2, 0) is 13.1 Å². The molecule has 0 unspecified atom stereocenters. The van der Waals surface area contributed by atoms with E-state index in [9.17, 15) is 14.4 Å². The molecule has 8 heteroatoms. The zero-order chi connectivity index (χ0) is 28.2. The molecule has 5 aromatic rings. The molecular weight excluding hydrogens is 522 g/mol. The quantitative estimate of drug-likeness (QED) is 0.138. The maximum absolute atomic E-state index is 13.7. The molecule has 5 rings (SSSR count). The number of amides is 1. The largest absolute Gasteiger partial charge is 0.467 e. The zero-order valence-corrected chi connectivity index (χ0v) is 23.3. The number of nitrogens with one attached hydrogen (secondary N) is 1. The summed E-state index contributed by atoms with van der Waals surface area (Å²) in [7, 11) is 0. The SMILES string of the molecule is Cc1ccc(C(=O)[C@@H](C)Sc2nc3cc(C(=O)NCc4ccco4)ccc3c(=O)n2Cc2ccccc2)cc1C. The first-order valence-electron chi connectivity index (χ1n) is 13.0. The predicted molar refractivity (Wildman–Crippen MR) is 157 cm³/mol. The molecule has 202 valence electrons. The van der Waals surface area contributed by atoms with Crippen molar-refractivity contribution in [1.82, 2.24) is 14.9 Å². The molecule has 1 amide bonds. The minimum Gasteiger partial charge on any atom is -0.467 e. The van der Waals surface area contributed by atoms with Crippen LogP contribution in [-0.4, -0.2) is 26.5 Å². The third kappa shape index (κ3) is 5.92. The van der Waals surface area contributed by atoms with Crippen molar-refractivity contribution >= 4 is 34.4 Å². The van der Waals surface area contributed by atoms with Gasteiger partial charge in [0.1, 0.15) is 5.76 Å². The Morgan fingerprint density at radius 3 is 2.45 bits per heavy atom. The highest BCUT2D eigenvalue weighted by molar-refractivity contribution is 8.00. The molecule has 2 aromatic heterocycles. The molecule has 2 heterocycles. The fraction of sp³-hybridized carbons (Fsp3) is 0.188. The smallest absolute Gasteiger partial charge is 0.262 e. The predicted octanol–water partition coefficient (Wildman–Crippen LogP) is 5.95. The molecule has 0 fully saturated rings. The van der Waals surface area contributed by atoms with Crippen LogP contribution >= 0.6 is 11.8 Å². The van der Waals surface area contributed by atoms with Gasteiger partial charge in [0.15, 0.2) is 10.9 Å². The molecule has 7 nitrogen and oxygen atoms in total. The first kappa shape index (κ1) is 27.1. The minimum absolute atomic E-state index is 0.0419. The molecule has 0 aliphatic heterocycles. The summed E-state index contributed by atoms with van der Waals surface area (Å²) in [6.45, 7) is 6.36. The first-order valence-corrected chi connectivity index (χ1v) is 13.9. The first-order chi connectivity index (χ1) is 19.3. The van der Waals surface area contributed by atoms with Gasteiger partial charge in [0, 0.05) is 11.1 Å². The topological polar surface area (TPSA) is 94.2 Å². The van der Waals surface area contributed by atoms with Gasteiger partial charge in [-0.1, -0.05) is 54.2 Å². The number of aromatic nitrogens is 2. The standard InChI is InChI=1S/C32H29N3O4S/c1-20-11-12-24(16-21(20)2)29(36)22(3)40-32-34-28-17-25(30(37)33-18-26-10-7-15-39-26)13-14-27(28)31(38)35(32)19-23-8-5-4-6-9-23/h4-17,22H,18-19H2,1-3H3,(H,33,37)/t22-/m1/s1. The van der Waals surface area contributed by atoms with Crippen LogP contribution in [0.2, 0.25) is 0 Å². The highest BCUT2D eigenvalue weighted by Crippen LogP contribution is 2.27.